The van der Waals surface area contributed by atoms with E-state index < -0.39 is 0 Å². The third-order valence-electron chi connectivity index (χ3n) is 3.30. The largest absolute Gasteiger partial charge is 0.393 e. The predicted octanol–water partition coefficient (Wildman–Crippen LogP) is 0.600. The van der Waals surface area contributed by atoms with E-state index in [1.54, 1.807) is 11.9 Å². The van der Waals surface area contributed by atoms with E-state index in [1.165, 1.54) is 0 Å². The molecule has 1 amide bonds. The van der Waals surface area contributed by atoms with Crippen LogP contribution in [0.1, 0.15) is 42.6 Å². The molecule has 1 fully saturated rings. The third-order valence-corrected chi connectivity index (χ3v) is 3.30. The number of aliphatic hydroxyl groups excluding tert-OH is 1. The average molecular weight is 252 g/mol. The van der Waals surface area contributed by atoms with E-state index in [9.17, 15) is 9.90 Å². The van der Waals surface area contributed by atoms with Gasteiger partial charge in [-0.15, -0.1) is 5.10 Å². The van der Waals surface area contributed by atoms with Gasteiger partial charge < -0.3 is 10.0 Å². The second kappa shape index (κ2) is 5.48. The Kier molecular flexibility index (Phi) is 3.96. The van der Waals surface area contributed by atoms with E-state index >= 15 is 0 Å². The molecule has 0 atom stereocenters. The molecule has 1 aliphatic rings. The van der Waals surface area contributed by atoms with Gasteiger partial charge in [0.1, 0.15) is 5.82 Å². The fraction of sp³-hybridized carbons (Fsp3) is 0.750. The Balaban J connectivity index is 1.88. The number of aryl methyl sites for hydroxylation is 1. The van der Waals surface area contributed by atoms with E-state index in [0.717, 1.165) is 31.5 Å². The molecular weight excluding hydrogens is 232 g/mol. The Hall–Kier alpha value is -1.43. The van der Waals surface area contributed by atoms with Gasteiger partial charge in [-0.25, -0.2) is 4.98 Å². The molecule has 1 aliphatic carbocycles. The summed E-state index contributed by atoms with van der Waals surface area (Å²) in [7, 11) is 1.75. The Morgan fingerprint density at radius 3 is 2.89 bits per heavy atom. The minimum absolute atomic E-state index is 0.157. The molecule has 0 saturated heterocycles. The van der Waals surface area contributed by atoms with Crippen molar-refractivity contribution in [2.45, 2.75) is 38.7 Å². The maximum Gasteiger partial charge on any atom is 0.293 e. The van der Waals surface area contributed by atoms with Gasteiger partial charge in [-0.2, -0.15) is 0 Å². The number of hydrogen-bond acceptors (Lipinski definition) is 4. The van der Waals surface area contributed by atoms with Crippen LogP contribution in [0.25, 0.3) is 0 Å². The van der Waals surface area contributed by atoms with Crippen molar-refractivity contribution in [2.24, 2.45) is 5.92 Å². The smallest absolute Gasteiger partial charge is 0.293 e. The summed E-state index contributed by atoms with van der Waals surface area (Å²) < 4.78 is 0. The summed E-state index contributed by atoms with van der Waals surface area (Å²) in [6.45, 7) is 2.71. The van der Waals surface area contributed by atoms with Crippen LogP contribution in [-0.2, 0) is 6.42 Å². The molecule has 0 unspecified atom stereocenters. The molecule has 1 aromatic rings. The Labute approximate surface area is 106 Å². The highest BCUT2D eigenvalue weighted by Crippen LogP contribution is 2.27. The molecule has 2 N–H and O–H groups in total. The van der Waals surface area contributed by atoms with Crippen LogP contribution in [0.3, 0.4) is 0 Å². The molecule has 0 radical (unpaired) electrons. The first kappa shape index (κ1) is 13.0. The number of H-pyrrole nitrogens is 1. The van der Waals surface area contributed by atoms with Crippen LogP contribution in [0, 0.1) is 5.92 Å². The number of nitrogens with one attached hydrogen (secondary N) is 1. The fourth-order valence-electron chi connectivity index (χ4n) is 2.23. The number of amides is 1. The predicted molar refractivity (Wildman–Crippen MR) is 66.1 cm³/mol. The van der Waals surface area contributed by atoms with Crippen molar-refractivity contribution < 1.29 is 9.90 Å². The van der Waals surface area contributed by atoms with Crippen molar-refractivity contribution in [1.82, 2.24) is 20.1 Å². The zero-order valence-electron chi connectivity index (χ0n) is 10.9. The first-order valence-electron chi connectivity index (χ1n) is 6.45. The molecular formula is C12H20N4O2. The highest BCUT2D eigenvalue weighted by Gasteiger charge is 2.30. The molecule has 0 spiro atoms. The zero-order chi connectivity index (χ0) is 13.1. The van der Waals surface area contributed by atoms with Gasteiger partial charge in [0, 0.05) is 20.0 Å². The van der Waals surface area contributed by atoms with Crippen molar-refractivity contribution in [3.8, 4) is 0 Å². The maximum absolute atomic E-state index is 12.0. The lowest BCUT2D eigenvalue weighted by Crippen LogP contribution is -2.39. The van der Waals surface area contributed by atoms with Gasteiger partial charge >= 0.3 is 0 Å². The van der Waals surface area contributed by atoms with E-state index in [4.69, 9.17) is 0 Å². The fourth-order valence-corrected chi connectivity index (χ4v) is 2.23. The Morgan fingerprint density at radius 2 is 2.28 bits per heavy atom. The summed E-state index contributed by atoms with van der Waals surface area (Å²) in [6, 6.07) is 0. The monoisotopic (exact) mass is 252 g/mol. The van der Waals surface area contributed by atoms with E-state index in [1.807, 2.05) is 0 Å². The molecule has 6 heteroatoms. The van der Waals surface area contributed by atoms with Crippen LogP contribution >= 0.6 is 0 Å². The van der Waals surface area contributed by atoms with Crippen LogP contribution in [0.5, 0.6) is 0 Å². The first-order chi connectivity index (χ1) is 8.60. The highest BCUT2D eigenvalue weighted by atomic mass is 16.3. The SMILES string of the molecule is CCCc1nc(C(=O)N(C)CC2CC(O)C2)n[nH]1. The lowest BCUT2D eigenvalue weighted by Gasteiger charge is -2.34. The molecule has 0 aromatic carbocycles. The van der Waals surface area contributed by atoms with E-state index in [0.29, 0.717) is 12.5 Å². The Bertz CT molecular complexity index is 412. The third kappa shape index (κ3) is 2.87. The van der Waals surface area contributed by atoms with Gasteiger partial charge in [-0.3, -0.25) is 9.89 Å². The molecule has 6 nitrogen and oxygen atoms in total. The number of hydrogen-bond donors (Lipinski definition) is 2. The van der Waals surface area contributed by atoms with E-state index in [-0.39, 0.29) is 17.8 Å². The topological polar surface area (TPSA) is 82.1 Å². The molecule has 2 rings (SSSR count). The minimum atomic E-state index is -0.182. The summed E-state index contributed by atoms with van der Waals surface area (Å²) in [6.07, 6.45) is 3.16. The molecule has 1 aromatic heterocycles. The van der Waals surface area contributed by atoms with Gasteiger partial charge in [-0.05, 0) is 25.2 Å². The number of aliphatic hydroxyl groups is 1. The van der Waals surface area contributed by atoms with Crippen LogP contribution in [0.15, 0.2) is 0 Å². The van der Waals surface area contributed by atoms with Crippen molar-refractivity contribution in [2.75, 3.05) is 13.6 Å². The van der Waals surface area contributed by atoms with Crippen LogP contribution in [0.2, 0.25) is 0 Å². The molecule has 0 aliphatic heterocycles. The minimum Gasteiger partial charge on any atom is -0.393 e. The molecule has 100 valence electrons. The second-order valence-electron chi connectivity index (χ2n) is 5.03. The Morgan fingerprint density at radius 1 is 1.56 bits per heavy atom. The number of aromatic nitrogens is 3. The van der Waals surface area contributed by atoms with Gasteiger partial charge in [0.05, 0.1) is 6.10 Å². The maximum atomic E-state index is 12.0. The van der Waals surface area contributed by atoms with Crippen molar-refractivity contribution >= 4 is 5.91 Å². The lowest BCUT2D eigenvalue weighted by atomic mass is 9.82. The number of carbonyl (C=O) groups is 1. The standard InChI is InChI=1S/C12H20N4O2/c1-3-4-10-13-11(15-14-10)12(18)16(2)7-8-5-9(17)6-8/h8-9,17H,3-7H2,1-2H3,(H,13,14,15). The number of rotatable bonds is 5. The van der Waals surface area contributed by atoms with Crippen LogP contribution in [0.4, 0.5) is 0 Å². The number of nitrogens with zero attached hydrogens (tertiary/aromatic N) is 3. The molecule has 18 heavy (non-hydrogen) atoms. The molecule has 1 saturated carbocycles. The summed E-state index contributed by atoms with van der Waals surface area (Å²) in [4.78, 5) is 17.9. The summed E-state index contributed by atoms with van der Waals surface area (Å²) in [5.74, 6) is 1.24. The number of carbonyl (C=O) groups excluding carboxylic acids is 1. The second-order valence-corrected chi connectivity index (χ2v) is 5.03. The van der Waals surface area contributed by atoms with Crippen LogP contribution < -0.4 is 0 Å². The van der Waals surface area contributed by atoms with Crippen molar-refractivity contribution in [1.29, 1.82) is 0 Å². The summed E-state index contributed by atoms with van der Waals surface area (Å²) in [5.41, 5.74) is 0. The van der Waals surface area contributed by atoms with Gasteiger partial charge in [-0.1, -0.05) is 6.92 Å². The molecule has 0 bridgehead atoms. The quantitative estimate of drug-likeness (QED) is 0.804. The first-order valence-corrected chi connectivity index (χ1v) is 6.45. The molecule has 1 heterocycles. The van der Waals surface area contributed by atoms with Gasteiger partial charge in [0.25, 0.3) is 5.91 Å². The average Bonchev–Trinajstić information content (AvgIpc) is 2.75. The zero-order valence-corrected chi connectivity index (χ0v) is 10.9. The van der Waals surface area contributed by atoms with Crippen molar-refractivity contribution in [3.63, 3.8) is 0 Å². The number of aromatic amines is 1. The highest BCUT2D eigenvalue weighted by molar-refractivity contribution is 5.90. The summed E-state index contributed by atoms with van der Waals surface area (Å²) in [5, 5.41) is 15.9. The van der Waals surface area contributed by atoms with Crippen molar-refractivity contribution in [3.05, 3.63) is 11.6 Å². The van der Waals surface area contributed by atoms with E-state index in [2.05, 4.69) is 22.1 Å². The normalized spacial score (nSPS) is 22.6. The summed E-state index contributed by atoms with van der Waals surface area (Å²) >= 11 is 0. The van der Waals surface area contributed by atoms with Gasteiger partial charge in [0.15, 0.2) is 0 Å². The lowest BCUT2D eigenvalue weighted by molar-refractivity contribution is 0.0262. The van der Waals surface area contributed by atoms with Crippen LogP contribution in [-0.4, -0.2) is 50.8 Å². The van der Waals surface area contributed by atoms with Gasteiger partial charge in [0.2, 0.25) is 5.82 Å².